The van der Waals surface area contributed by atoms with Crippen LogP contribution in [0.3, 0.4) is 0 Å². The van der Waals surface area contributed by atoms with Gasteiger partial charge in [0.25, 0.3) is 0 Å². The number of amides is 2. The van der Waals surface area contributed by atoms with Crippen LogP contribution in [-0.2, 0) is 29.1 Å². The number of hydrogen-bond donors (Lipinski definition) is 1. The molecule has 0 aliphatic carbocycles. The van der Waals surface area contributed by atoms with E-state index in [2.05, 4.69) is 5.32 Å². The van der Waals surface area contributed by atoms with Crippen molar-refractivity contribution in [1.82, 2.24) is 9.21 Å². The van der Waals surface area contributed by atoms with Gasteiger partial charge >= 0.3 is 0 Å². The Morgan fingerprint density at radius 1 is 1.07 bits per heavy atom. The van der Waals surface area contributed by atoms with Gasteiger partial charge in [0, 0.05) is 31.1 Å². The molecule has 28 heavy (non-hydrogen) atoms. The molecule has 1 N–H and O–H groups in total. The van der Waals surface area contributed by atoms with E-state index in [-0.39, 0.29) is 10.8 Å². The van der Waals surface area contributed by atoms with Gasteiger partial charge in [0.15, 0.2) is 5.25 Å². The van der Waals surface area contributed by atoms with Gasteiger partial charge in [0.05, 0.1) is 37.0 Å². The summed E-state index contributed by atoms with van der Waals surface area (Å²) in [7, 11) is -3.66. The van der Waals surface area contributed by atoms with Crippen molar-refractivity contribution < 1.29 is 27.5 Å². The molecule has 2 fully saturated rings. The molecule has 0 radical (unpaired) electrons. The summed E-state index contributed by atoms with van der Waals surface area (Å²) in [5, 5.41) is 1.82. The molecule has 0 bridgehead atoms. The molecule has 4 rings (SSSR count). The Morgan fingerprint density at radius 2 is 1.71 bits per heavy atom. The third kappa shape index (κ3) is 3.77. The highest BCUT2D eigenvalue weighted by Gasteiger charge is 2.37. The van der Waals surface area contributed by atoms with Crippen molar-refractivity contribution in [3.8, 4) is 0 Å². The normalized spacial score (nSPS) is 23.8. The van der Waals surface area contributed by atoms with E-state index in [1.54, 1.807) is 11.0 Å². The van der Waals surface area contributed by atoms with Gasteiger partial charge in [-0.3, -0.25) is 9.59 Å². The minimum absolute atomic E-state index is 0.118. The Morgan fingerprint density at radius 3 is 2.39 bits per heavy atom. The lowest BCUT2D eigenvalue weighted by atomic mass is 10.2. The molecule has 0 aromatic heterocycles. The molecule has 1 aromatic carbocycles. The summed E-state index contributed by atoms with van der Waals surface area (Å²) in [6.07, 6.45) is 0. The van der Waals surface area contributed by atoms with Crippen LogP contribution in [0.5, 0.6) is 0 Å². The summed E-state index contributed by atoms with van der Waals surface area (Å²) in [5.41, 5.74) is 0.412. The van der Waals surface area contributed by atoms with Crippen molar-refractivity contribution in [3.05, 3.63) is 18.2 Å². The second kappa shape index (κ2) is 7.99. The van der Waals surface area contributed by atoms with E-state index in [1.165, 1.54) is 16.4 Å². The van der Waals surface area contributed by atoms with Gasteiger partial charge in [0.2, 0.25) is 21.8 Å². The highest BCUT2D eigenvalue weighted by Crippen LogP contribution is 2.38. The quantitative estimate of drug-likeness (QED) is 0.676. The average molecular weight is 428 g/mol. The molecule has 11 heteroatoms. The SMILES string of the molecule is O=C1Nc2cc(S(=O)(=O)N3CCOCC3)ccc2S[C@H]1C(=O)N1CCOCC1. The molecule has 1 aromatic rings. The van der Waals surface area contributed by atoms with Crippen LogP contribution < -0.4 is 5.32 Å². The molecule has 3 aliphatic rings. The minimum atomic E-state index is -3.66. The van der Waals surface area contributed by atoms with E-state index in [0.29, 0.717) is 63.2 Å². The summed E-state index contributed by atoms with van der Waals surface area (Å²) in [6.45, 7) is 3.19. The number of fused-ring (bicyclic) bond motifs is 1. The van der Waals surface area contributed by atoms with Crippen molar-refractivity contribution in [2.24, 2.45) is 0 Å². The lowest BCUT2D eigenvalue weighted by Gasteiger charge is -2.32. The number of benzene rings is 1. The fraction of sp³-hybridized carbons (Fsp3) is 0.529. The molecule has 0 saturated carbocycles. The van der Waals surface area contributed by atoms with E-state index < -0.39 is 21.2 Å². The van der Waals surface area contributed by atoms with Crippen LogP contribution in [0.2, 0.25) is 0 Å². The van der Waals surface area contributed by atoms with Gasteiger partial charge in [-0.15, -0.1) is 11.8 Å². The topological polar surface area (TPSA) is 105 Å². The summed E-state index contributed by atoms with van der Waals surface area (Å²) >= 11 is 1.15. The highest BCUT2D eigenvalue weighted by atomic mass is 32.2. The second-order valence-corrected chi connectivity index (χ2v) is 9.68. The zero-order chi connectivity index (χ0) is 19.7. The molecule has 2 saturated heterocycles. The third-order valence-electron chi connectivity index (χ3n) is 4.85. The van der Waals surface area contributed by atoms with E-state index in [0.717, 1.165) is 11.8 Å². The molecule has 0 unspecified atom stereocenters. The first-order chi connectivity index (χ1) is 13.5. The number of hydrogen-bond acceptors (Lipinski definition) is 7. The van der Waals surface area contributed by atoms with Gasteiger partial charge in [-0.05, 0) is 18.2 Å². The van der Waals surface area contributed by atoms with Crippen LogP contribution in [0.25, 0.3) is 0 Å². The predicted molar refractivity (Wildman–Crippen MR) is 102 cm³/mol. The maximum absolute atomic E-state index is 12.8. The monoisotopic (exact) mass is 427 g/mol. The smallest absolute Gasteiger partial charge is 0.247 e. The van der Waals surface area contributed by atoms with Crippen LogP contribution in [0, 0.1) is 0 Å². The van der Waals surface area contributed by atoms with Crippen LogP contribution in [0.15, 0.2) is 28.0 Å². The number of carbonyl (C=O) groups is 2. The zero-order valence-corrected chi connectivity index (χ0v) is 16.8. The maximum atomic E-state index is 12.8. The Labute approximate surface area is 167 Å². The molecule has 3 heterocycles. The van der Waals surface area contributed by atoms with Gasteiger partial charge < -0.3 is 19.7 Å². The molecule has 1 atom stereocenters. The van der Waals surface area contributed by atoms with E-state index in [4.69, 9.17) is 9.47 Å². The zero-order valence-electron chi connectivity index (χ0n) is 15.1. The summed E-state index contributed by atoms with van der Waals surface area (Å²) < 4.78 is 37.5. The maximum Gasteiger partial charge on any atom is 0.247 e. The Hall–Kier alpha value is -1.66. The fourth-order valence-electron chi connectivity index (χ4n) is 3.30. The van der Waals surface area contributed by atoms with Crippen molar-refractivity contribution in [3.63, 3.8) is 0 Å². The highest BCUT2D eigenvalue weighted by molar-refractivity contribution is 8.01. The number of thioether (sulfide) groups is 1. The van der Waals surface area contributed by atoms with Crippen molar-refractivity contribution in [1.29, 1.82) is 0 Å². The number of nitrogens with zero attached hydrogens (tertiary/aromatic N) is 2. The summed E-state index contributed by atoms with van der Waals surface area (Å²) in [6, 6.07) is 4.62. The number of rotatable bonds is 3. The van der Waals surface area contributed by atoms with E-state index >= 15 is 0 Å². The van der Waals surface area contributed by atoms with Crippen molar-refractivity contribution in [2.45, 2.75) is 15.0 Å². The number of anilines is 1. The van der Waals surface area contributed by atoms with E-state index in [9.17, 15) is 18.0 Å². The molecule has 2 amide bonds. The Kier molecular flexibility index (Phi) is 5.61. The predicted octanol–water partition coefficient (Wildman–Crippen LogP) is -0.0209. The molecular weight excluding hydrogens is 406 g/mol. The summed E-state index contributed by atoms with van der Waals surface area (Å²) in [4.78, 5) is 27.6. The average Bonchev–Trinajstić information content (AvgIpc) is 2.73. The van der Waals surface area contributed by atoms with Crippen molar-refractivity contribution in [2.75, 3.05) is 57.9 Å². The van der Waals surface area contributed by atoms with E-state index in [1.807, 2.05) is 0 Å². The number of carbonyl (C=O) groups excluding carboxylic acids is 2. The molecular formula is C17H21N3O6S2. The first-order valence-corrected chi connectivity index (χ1v) is 11.3. The Bertz CT molecular complexity index is 879. The minimum Gasteiger partial charge on any atom is -0.379 e. The summed E-state index contributed by atoms with van der Waals surface area (Å²) in [5.74, 6) is -0.684. The van der Waals surface area contributed by atoms with Gasteiger partial charge in [0.1, 0.15) is 0 Å². The van der Waals surface area contributed by atoms with Crippen LogP contribution in [-0.4, -0.2) is 87.3 Å². The van der Waals surface area contributed by atoms with Gasteiger partial charge in [-0.25, -0.2) is 8.42 Å². The van der Waals surface area contributed by atoms with Gasteiger partial charge in [-0.1, -0.05) is 0 Å². The molecule has 3 aliphatic heterocycles. The standard InChI is InChI=1S/C17H21N3O6S2/c21-16-15(17(22)19-3-7-25-8-4-19)27-14-2-1-12(11-13(14)18-16)28(23,24)20-5-9-26-10-6-20/h1-2,11,15H,3-10H2,(H,18,21)/t15-/m1/s1. The van der Waals surface area contributed by atoms with Crippen LogP contribution in [0.1, 0.15) is 0 Å². The van der Waals surface area contributed by atoms with Crippen LogP contribution in [0.4, 0.5) is 5.69 Å². The number of ether oxygens (including phenoxy) is 2. The largest absolute Gasteiger partial charge is 0.379 e. The second-order valence-electron chi connectivity index (χ2n) is 6.60. The molecule has 9 nitrogen and oxygen atoms in total. The molecule has 0 spiro atoms. The van der Waals surface area contributed by atoms with Crippen LogP contribution >= 0.6 is 11.8 Å². The number of morpholine rings is 2. The van der Waals surface area contributed by atoms with Gasteiger partial charge in [-0.2, -0.15) is 4.31 Å². The lowest BCUT2D eigenvalue weighted by molar-refractivity contribution is -0.137. The number of nitrogens with one attached hydrogen (secondary N) is 1. The van der Waals surface area contributed by atoms with Crippen molar-refractivity contribution >= 4 is 39.3 Å². The first kappa shape index (κ1) is 19.6. The first-order valence-electron chi connectivity index (χ1n) is 9.03. The fourth-order valence-corrected chi connectivity index (χ4v) is 5.78. The third-order valence-corrected chi connectivity index (χ3v) is 8.00. The number of sulfonamides is 1. The molecule has 152 valence electrons. The lowest BCUT2D eigenvalue weighted by Crippen LogP contribution is -2.49. The Balaban J connectivity index is 1.54.